The van der Waals surface area contributed by atoms with Crippen LogP contribution in [0, 0.1) is 12.3 Å². The Kier molecular flexibility index (Phi) is 6.50. The van der Waals surface area contributed by atoms with Gasteiger partial charge in [0.25, 0.3) is 0 Å². The van der Waals surface area contributed by atoms with E-state index in [1.807, 2.05) is 0 Å². The van der Waals surface area contributed by atoms with Crippen LogP contribution in [0.1, 0.15) is 64.7 Å². The summed E-state index contributed by atoms with van der Waals surface area (Å²) in [6, 6.07) is 1.57. The smallest absolute Gasteiger partial charge is 0.00954 e. The summed E-state index contributed by atoms with van der Waals surface area (Å²) in [6.07, 6.45) is 15.0. The molecule has 2 N–H and O–H groups in total. The van der Waals surface area contributed by atoms with Crippen molar-refractivity contribution >= 4 is 0 Å². The third-order valence-electron chi connectivity index (χ3n) is 4.69. The third-order valence-corrected chi connectivity index (χ3v) is 4.69. The van der Waals surface area contributed by atoms with Crippen molar-refractivity contribution < 1.29 is 0 Å². The van der Waals surface area contributed by atoms with Crippen LogP contribution in [0.5, 0.6) is 0 Å². The summed E-state index contributed by atoms with van der Waals surface area (Å²) in [7, 11) is 0. The van der Waals surface area contributed by atoms with Gasteiger partial charge in [0.1, 0.15) is 0 Å². The fourth-order valence-electron chi connectivity index (χ4n) is 3.41. The van der Waals surface area contributed by atoms with Crippen molar-refractivity contribution in [3.63, 3.8) is 0 Å². The van der Waals surface area contributed by atoms with Gasteiger partial charge in [0, 0.05) is 12.1 Å². The molecular weight excluding hydrogens is 220 g/mol. The van der Waals surface area contributed by atoms with Crippen LogP contribution >= 0.6 is 0 Å². The molecule has 1 radical (unpaired) electrons. The van der Waals surface area contributed by atoms with Gasteiger partial charge in [-0.25, -0.2) is 0 Å². The second kappa shape index (κ2) is 8.16. The topological polar surface area (TPSA) is 24.1 Å². The lowest BCUT2D eigenvalue weighted by Gasteiger charge is -2.29. The zero-order valence-corrected chi connectivity index (χ0v) is 12.1. The first-order chi connectivity index (χ1) is 8.86. The first-order valence-electron chi connectivity index (χ1n) is 8.16. The Hall–Kier alpha value is -0.0800. The summed E-state index contributed by atoms with van der Waals surface area (Å²) in [5.41, 5.74) is 0. The molecule has 0 spiro atoms. The fourth-order valence-corrected chi connectivity index (χ4v) is 3.41. The molecule has 105 valence electrons. The van der Waals surface area contributed by atoms with E-state index in [0.29, 0.717) is 0 Å². The minimum absolute atomic E-state index is 0.754. The molecule has 2 heterocycles. The number of piperidine rings is 2. The first kappa shape index (κ1) is 14.3. The predicted molar refractivity (Wildman–Crippen MR) is 78.6 cm³/mol. The third kappa shape index (κ3) is 4.89. The fraction of sp³-hybridized carbons (Fsp3) is 0.938. The molecule has 2 aliphatic heterocycles. The van der Waals surface area contributed by atoms with Crippen LogP contribution in [0.4, 0.5) is 0 Å². The van der Waals surface area contributed by atoms with Crippen molar-refractivity contribution in [2.24, 2.45) is 5.92 Å². The van der Waals surface area contributed by atoms with E-state index in [9.17, 15) is 0 Å². The Labute approximate surface area is 113 Å². The van der Waals surface area contributed by atoms with Crippen LogP contribution in [-0.2, 0) is 0 Å². The number of hydrogen-bond donors (Lipinski definition) is 2. The van der Waals surface area contributed by atoms with Gasteiger partial charge in [-0.2, -0.15) is 0 Å². The quantitative estimate of drug-likeness (QED) is 0.708. The molecule has 18 heavy (non-hydrogen) atoms. The summed E-state index contributed by atoms with van der Waals surface area (Å²) in [4.78, 5) is 0. The minimum atomic E-state index is 0.754. The molecule has 0 saturated carbocycles. The van der Waals surface area contributed by atoms with Gasteiger partial charge in [0.15, 0.2) is 0 Å². The molecule has 0 bridgehead atoms. The Morgan fingerprint density at radius 3 is 2.50 bits per heavy atom. The van der Waals surface area contributed by atoms with Gasteiger partial charge in [-0.1, -0.05) is 26.2 Å². The van der Waals surface area contributed by atoms with E-state index in [-0.39, 0.29) is 0 Å². The monoisotopic (exact) mass is 251 g/mol. The summed E-state index contributed by atoms with van der Waals surface area (Å²) in [5, 5.41) is 7.31. The lowest BCUT2D eigenvalue weighted by Crippen LogP contribution is -2.39. The van der Waals surface area contributed by atoms with Crippen LogP contribution in [0.25, 0.3) is 0 Å². The van der Waals surface area contributed by atoms with E-state index in [0.717, 1.165) is 18.0 Å². The molecule has 0 aromatic carbocycles. The summed E-state index contributed by atoms with van der Waals surface area (Å²) >= 11 is 0. The van der Waals surface area contributed by atoms with E-state index in [1.54, 1.807) is 0 Å². The van der Waals surface area contributed by atoms with Crippen LogP contribution in [0.15, 0.2) is 0 Å². The number of hydrogen-bond acceptors (Lipinski definition) is 2. The van der Waals surface area contributed by atoms with Crippen molar-refractivity contribution in [3.8, 4) is 0 Å². The van der Waals surface area contributed by atoms with Crippen molar-refractivity contribution in [3.05, 3.63) is 6.42 Å². The van der Waals surface area contributed by atoms with E-state index in [4.69, 9.17) is 0 Å². The highest BCUT2D eigenvalue weighted by Gasteiger charge is 2.19. The van der Waals surface area contributed by atoms with Crippen LogP contribution in [0.2, 0.25) is 0 Å². The minimum Gasteiger partial charge on any atom is -0.314 e. The molecule has 2 fully saturated rings. The zero-order valence-electron chi connectivity index (χ0n) is 12.1. The maximum Gasteiger partial charge on any atom is 0.00954 e. The van der Waals surface area contributed by atoms with Crippen LogP contribution in [0.3, 0.4) is 0 Å². The lowest BCUT2D eigenvalue weighted by molar-refractivity contribution is 0.326. The first-order valence-corrected chi connectivity index (χ1v) is 8.16. The Morgan fingerprint density at radius 2 is 1.83 bits per heavy atom. The highest BCUT2D eigenvalue weighted by molar-refractivity contribution is 4.86. The summed E-state index contributed by atoms with van der Waals surface area (Å²) in [5.74, 6) is 0.754. The van der Waals surface area contributed by atoms with Crippen molar-refractivity contribution in [1.82, 2.24) is 10.6 Å². The molecule has 0 amide bonds. The molecular formula is C16H31N2. The Bertz CT molecular complexity index is 205. The molecule has 3 unspecified atom stereocenters. The molecule has 2 rings (SSSR count). The van der Waals surface area contributed by atoms with Gasteiger partial charge < -0.3 is 10.6 Å². The molecule has 2 saturated heterocycles. The molecule has 0 aromatic heterocycles. The van der Waals surface area contributed by atoms with Gasteiger partial charge in [0.05, 0.1) is 0 Å². The largest absolute Gasteiger partial charge is 0.314 e. The number of unbranched alkanes of at least 4 members (excludes halogenated alkanes) is 1. The second-order valence-corrected chi connectivity index (χ2v) is 6.23. The van der Waals surface area contributed by atoms with E-state index in [1.165, 1.54) is 70.9 Å². The van der Waals surface area contributed by atoms with Crippen molar-refractivity contribution in [2.75, 3.05) is 13.1 Å². The van der Waals surface area contributed by atoms with Gasteiger partial charge in [-0.05, 0) is 64.0 Å². The SMILES string of the molecule is CC([CH]CCCC1CCCCN1)C1CCCCN1. The molecule has 2 aliphatic rings. The molecule has 2 nitrogen and oxygen atoms in total. The van der Waals surface area contributed by atoms with Crippen LogP contribution in [-0.4, -0.2) is 25.2 Å². The molecule has 0 aromatic rings. The van der Waals surface area contributed by atoms with Gasteiger partial charge in [-0.15, -0.1) is 0 Å². The van der Waals surface area contributed by atoms with Gasteiger partial charge >= 0.3 is 0 Å². The molecule has 2 heteroatoms. The second-order valence-electron chi connectivity index (χ2n) is 6.23. The number of rotatable bonds is 6. The maximum atomic E-state index is 3.67. The van der Waals surface area contributed by atoms with Gasteiger partial charge in [-0.3, -0.25) is 0 Å². The predicted octanol–water partition coefficient (Wildman–Crippen LogP) is 3.28. The average molecular weight is 251 g/mol. The van der Waals surface area contributed by atoms with Gasteiger partial charge in [0.2, 0.25) is 0 Å². The zero-order chi connectivity index (χ0) is 12.6. The maximum absolute atomic E-state index is 3.67. The Morgan fingerprint density at radius 1 is 1.06 bits per heavy atom. The standard InChI is InChI=1S/C16H31N2/c1-14(16-11-5-7-13-18-16)8-2-3-9-15-10-4-6-12-17-15/h8,14-18H,2-7,9-13H2,1H3. The highest BCUT2D eigenvalue weighted by atomic mass is 14.9. The average Bonchev–Trinajstić information content (AvgIpc) is 2.45. The highest BCUT2D eigenvalue weighted by Crippen LogP contribution is 2.20. The molecule has 3 atom stereocenters. The lowest BCUT2D eigenvalue weighted by atomic mass is 9.89. The van der Waals surface area contributed by atoms with Crippen molar-refractivity contribution in [1.29, 1.82) is 0 Å². The normalized spacial score (nSPS) is 31.2. The Balaban J connectivity index is 1.51. The van der Waals surface area contributed by atoms with E-state index in [2.05, 4.69) is 24.0 Å². The van der Waals surface area contributed by atoms with Crippen molar-refractivity contribution in [2.45, 2.75) is 76.8 Å². The van der Waals surface area contributed by atoms with E-state index < -0.39 is 0 Å². The van der Waals surface area contributed by atoms with Crippen LogP contribution < -0.4 is 10.6 Å². The number of nitrogens with one attached hydrogen (secondary N) is 2. The summed E-state index contributed by atoms with van der Waals surface area (Å²) in [6.45, 7) is 4.87. The van der Waals surface area contributed by atoms with E-state index >= 15 is 0 Å². The molecule has 0 aliphatic carbocycles. The summed E-state index contributed by atoms with van der Waals surface area (Å²) < 4.78 is 0.